The highest BCUT2D eigenvalue weighted by atomic mass is 16.4. The van der Waals surface area contributed by atoms with Crippen LogP contribution >= 0.6 is 0 Å². The third kappa shape index (κ3) is 5.04. The summed E-state index contributed by atoms with van der Waals surface area (Å²) in [5.41, 5.74) is 0. The van der Waals surface area contributed by atoms with Crippen LogP contribution in [0, 0.1) is 5.92 Å². The van der Waals surface area contributed by atoms with Crippen LogP contribution < -0.4 is 0 Å². The van der Waals surface area contributed by atoms with Gasteiger partial charge in [0.25, 0.3) is 0 Å². The smallest absolute Gasteiger partial charge is 0.307 e. The predicted octanol–water partition coefficient (Wildman–Crippen LogP) is 1.72. The number of carbonyl (C=O) groups is 1. The lowest BCUT2D eigenvalue weighted by Gasteiger charge is -2.35. The van der Waals surface area contributed by atoms with Crippen LogP contribution in [0.1, 0.15) is 45.4 Å². The Morgan fingerprint density at radius 3 is 2.53 bits per heavy atom. The lowest BCUT2D eigenvalue weighted by atomic mass is 9.93. The second-order valence-corrected chi connectivity index (χ2v) is 5.10. The molecule has 0 aromatic carbocycles. The van der Waals surface area contributed by atoms with Crippen LogP contribution in [0.15, 0.2) is 0 Å². The Morgan fingerprint density at radius 1 is 1.35 bits per heavy atom. The monoisotopic (exact) mass is 243 g/mol. The molecule has 0 saturated heterocycles. The first-order chi connectivity index (χ1) is 8.15. The zero-order valence-electron chi connectivity index (χ0n) is 10.8. The molecule has 1 rings (SSSR count). The predicted molar refractivity (Wildman–Crippen MR) is 66.9 cm³/mol. The highest BCUT2D eigenvalue weighted by molar-refractivity contribution is 5.69. The fraction of sp³-hybridized carbons (Fsp3) is 0.923. The third-order valence-corrected chi connectivity index (χ3v) is 3.62. The summed E-state index contributed by atoms with van der Waals surface area (Å²) in [6.45, 7) is 3.38. The van der Waals surface area contributed by atoms with Gasteiger partial charge in [0.1, 0.15) is 0 Å². The maximum absolute atomic E-state index is 10.9. The van der Waals surface area contributed by atoms with E-state index in [1.807, 2.05) is 0 Å². The first-order valence-electron chi connectivity index (χ1n) is 6.73. The molecule has 0 amide bonds. The first kappa shape index (κ1) is 14.5. The minimum Gasteiger partial charge on any atom is -0.481 e. The van der Waals surface area contributed by atoms with Crippen LogP contribution in [0.25, 0.3) is 0 Å². The van der Waals surface area contributed by atoms with E-state index in [2.05, 4.69) is 4.90 Å². The Hall–Kier alpha value is -0.610. The molecule has 0 spiro atoms. The molecule has 0 aromatic heterocycles. The summed E-state index contributed by atoms with van der Waals surface area (Å²) < 4.78 is 0. The number of aliphatic carboxylic acids is 1. The van der Waals surface area contributed by atoms with Crippen molar-refractivity contribution < 1.29 is 15.0 Å². The lowest BCUT2D eigenvalue weighted by Crippen LogP contribution is -2.41. The third-order valence-electron chi connectivity index (χ3n) is 3.62. The Morgan fingerprint density at radius 2 is 2.00 bits per heavy atom. The average molecular weight is 243 g/mol. The van der Waals surface area contributed by atoms with Gasteiger partial charge < -0.3 is 10.2 Å². The Labute approximate surface area is 104 Å². The molecule has 4 nitrogen and oxygen atoms in total. The molecule has 1 unspecified atom stereocenters. The van der Waals surface area contributed by atoms with Crippen LogP contribution in [0.4, 0.5) is 0 Å². The number of hydrogen-bond donors (Lipinski definition) is 2. The summed E-state index contributed by atoms with van der Waals surface area (Å²) in [5.74, 6) is -1.05. The highest BCUT2D eigenvalue weighted by Gasteiger charge is 2.24. The molecule has 2 N–H and O–H groups in total. The fourth-order valence-electron chi connectivity index (χ4n) is 2.57. The highest BCUT2D eigenvalue weighted by Crippen LogP contribution is 2.23. The van der Waals surface area contributed by atoms with Gasteiger partial charge in [-0.15, -0.1) is 0 Å². The molecule has 0 bridgehead atoms. The van der Waals surface area contributed by atoms with Crippen molar-refractivity contribution >= 4 is 5.97 Å². The van der Waals surface area contributed by atoms with E-state index in [-0.39, 0.29) is 12.5 Å². The molecule has 1 fully saturated rings. The molecule has 1 aliphatic rings. The van der Waals surface area contributed by atoms with Crippen molar-refractivity contribution in [3.05, 3.63) is 0 Å². The maximum atomic E-state index is 10.9. The molecular weight excluding hydrogens is 218 g/mol. The van der Waals surface area contributed by atoms with E-state index >= 15 is 0 Å². The van der Waals surface area contributed by atoms with Crippen LogP contribution in [-0.4, -0.2) is 46.8 Å². The number of carboxylic acid groups (broad SMARTS) is 1. The van der Waals surface area contributed by atoms with Crippen molar-refractivity contribution in [2.45, 2.75) is 51.5 Å². The second-order valence-electron chi connectivity index (χ2n) is 5.10. The van der Waals surface area contributed by atoms with Crippen molar-refractivity contribution in [2.75, 3.05) is 19.7 Å². The van der Waals surface area contributed by atoms with Crippen LogP contribution in [0.3, 0.4) is 0 Å². The molecule has 100 valence electrons. The number of rotatable bonds is 7. The summed E-state index contributed by atoms with van der Waals surface area (Å²) >= 11 is 0. The fourth-order valence-corrected chi connectivity index (χ4v) is 2.57. The van der Waals surface area contributed by atoms with Crippen LogP contribution in [0.5, 0.6) is 0 Å². The van der Waals surface area contributed by atoms with E-state index in [0.717, 1.165) is 13.0 Å². The molecule has 17 heavy (non-hydrogen) atoms. The number of carboxylic acids is 1. The van der Waals surface area contributed by atoms with Gasteiger partial charge in [-0.1, -0.05) is 26.2 Å². The Kier molecular flexibility index (Phi) is 6.52. The maximum Gasteiger partial charge on any atom is 0.307 e. The van der Waals surface area contributed by atoms with Crippen LogP contribution in [0.2, 0.25) is 0 Å². The van der Waals surface area contributed by atoms with Crippen molar-refractivity contribution in [3.63, 3.8) is 0 Å². The largest absolute Gasteiger partial charge is 0.481 e. The summed E-state index contributed by atoms with van der Waals surface area (Å²) in [4.78, 5) is 13.2. The average Bonchev–Trinajstić information content (AvgIpc) is 2.35. The Balaban J connectivity index is 2.48. The molecule has 0 aromatic rings. The van der Waals surface area contributed by atoms with Gasteiger partial charge in [-0.2, -0.15) is 0 Å². The number of aliphatic hydroxyl groups excluding tert-OH is 1. The van der Waals surface area contributed by atoms with Gasteiger partial charge in [0.05, 0.1) is 5.92 Å². The molecule has 1 saturated carbocycles. The van der Waals surface area contributed by atoms with Gasteiger partial charge in [-0.3, -0.25) is 9.69 Å². The molecule has 0 aliphatic heterocycles. The Bertz CT molecular complexity index is 227. The molecule has 4 heteroatoms. The van der Waals surface area contributed by atoms with Crippen molar-refractivity contribution in [2.24, 2.45) is 5.92 Å². The van der Waals surface area contributed by atoms with E-state index < -0.39 is 5.97 Å². The minimum atomic E-state index is -0.727. The van der Waals surface area contributed by atoms with Crippen molar-refractivity contribution in [3.8, 4) is 0 Å². The zero-order valence-corrected chi connectivity index (χ0v) is 10.8. The quantitative estimate of drug-likeness (QED) is 0.715. The summed E-state index contributed by atoms with van der Waals surface area (Å²) in [5, 5.41) is 17.9. The van der Waals surface area contributed by atoms with E-state index in [4.69, 9.17) is 10.2 Å². The van der Waals surface area contributed by atoms with Gasteiger partial charge in [0.2, 0.25) is 0 Å². The van der Waals surface area contributed by atoms with Gasteiger partial charge in [0.15, 0.2) is 0 Å². The normalized spacial score (nSPS) is 19.5. The number of aliphatic hydroxyl groups is 1. The van der Waals surface area contributed by atoms with E-state index in [1.165, 1.54) is 32.1 Å². The van der Waals surface area contributed by atoms with Gasteiger partial charge >= 0.3 is 5.97 Å². The van der Waals surface area contributed by atoms with Gasteiger partial charge in [-0.05, 0) is 19.3 Å². The summed E-state index contributed by atoms with van der Waals surface area (Å²) in [6, 6.07) is 0.525. The van der Waals surface area contributed by atoms with E-state index in [1.54, 1.807) is 6.92 Å². The van der Waals surface area contributed by atoms with Crippen LogP contribution in [-0.2, 0) is 4.79 Å². The zero-order chi connectivity index (χ0) is 12.7. The molecule has 0 heterocycles. The van der Waals surface area contributed by atoms with Crippen molar-refractivity contribution in [1.82, 2.24) is 4.90 Å². The topological polar surface area (TPSA) is 60.8 Å². The molecule has 1 atom stereocenters. The molecular formula is C13H25NO3. The minimum absolute atomic E-state index is 0.185. The second kappa shape index (κ2) is 7.67. The van der Waals surface area contributed by atoms with Gasteiger partial charge in [0, 0.05) is 25.7 Å². The lowest BCUT2D eigenvalue weighted by molar-refractivity contribution is -0.142. The standard InChI is InChI=1S/C13H25NO3/c1-11(13(16)17)10-14(8-5-9-15)12-6-3-2-4-7-12/h11-12,15H,2-10H2,1H3,(H,16,17). The van der Waals surface area contributed by atoms with Crippen molar-refractivity contribution in [1.29, 1.82) is 0 Å². The summed E-state index contributed by atoms with van der Waals surface area (Å²) in [6.07, 6.45) is 6.90. The number of nitrogens with zero attached hydrogens (tertiary/aromatic N) is 1. The van der Waals surface area contributed by atoms with Gasteiger partial charge in [-0.25, -0.2) is 0 Å². The molecule has 1 aliphatic carbocycles. The van der Waals surface area contributed by atoms with E-state index in [9.17, 15) is 4.79 Å². The van der Waals surface area contributed by atoms with E-state index in [0.29, 0.717) is 12.6 Å². The first-order valence-corrected chi connectivity index (χ1v) is 6.73. The molecule has 0 radical (unpaired) electrons. The SMILES string of the molecule is CC(CN(CCCO)C1CCCCC1)C(=O)O. The summed E-state index contributed by atoms with van der Waals surface area (Å²) in [7, 11) is 0. The number of hydrogen-bond acceptors (Lipinski definition) is 3.